The lowest BCUT2D eigenvalue weighted by atomic mass is 10.0. The average Bonchev–Trinajstić information content (AvgIpc) is 2.27. The monoisotopic (exact) mass is 254 g/mol. The zero-order valence-corrected chi connectivity index (χ0v) is 11.4. The van der Waals surface area contributed by atoms with Crippen LogP contribution in [0.5, 0.6) is 5.75 Å². The predicted molar refractivity (Wildman–Crippen MR) is 72.4 cm³/mol. The Morgan fingerprint density at radius 2 is 2.06 bits per heavy atom. The number of likely N-dealkylation sites (N-methyl/N-ethyl adjacent to an activating group) is 1. The Hall–Kier alpha value is -1.13. The van der Waals surface area contributed by atoms with E-state index in [0.717, 1.165) is 18.5 Å². The van der Waals surface area contributed by atoms with E-state index in [0.29, 0.717) is 18.8 Å². The minimum absolute atomic E-state index is 0.0708. The second kappa shape index (κ2) is 7.34. The molecule has 0 aliphatic rings. The van der Waals surface area contributed by atoms with Crippen molar-refractivity contribution < 1.29 is 9.13 Å². The molecule has 18 heavy (non-hydrogen) atoms. The maximum atomic E-state index is 13.4. The summed E-state index contributed by atoms with van der Waals surface area (Å²) in [4.78, 5) is 2.02. The molecule has 1 aromatic rings. The summed E-state index contributed by atoms with van der Waals surface area (Å²) in [7, 11) is 3.95. The third kappa shape index (κ3) is 5.47. The number of nitrogens with zero attached hydrogens (tertiary/aromatic N) is 1. The molecule has 2 N–H and O–H groups in total. The van der Waals surface area contributed by atoms with E-state index < -0.39 is 0 Å². The molecular weight excluding hydrogens is 231 g/mol. The van der Waals surface area contributed by atoms with E-state index in [1.807, 2.05) is 32.0 Å². The first kappa shape index (κ1) is 14.9. The van der Waals surface area contributed by atoms with Gasteiger partial charge in [0.1, 0.15) is 18.2 Å². The van der Waals surface area contributed by atoms with Crippen molar-refractivity contribution in [2.24, 2.45) is 5.73 Å². The van der Waals surface area contributed by atoms with E-state index in [2.05, 4.69) is 0 Å². The maximum absolute atomic E-state index is 13.4. The molecule has 4 heteroatoms. The third-order valence-electron chi connectivity index (χ3n) is 2.76. The zero-order chi connectivity index (χ0) is 13.5. The van der Waals surface area contributed by atoms with Crippen LogP contribution in [0.1, 0.15) is 18.9 Å². The zero-order valence-electron chi connectivity index (χ0n) is 11.4. The quantitative estimate of drug-likeness (QED) is 0.809. The van der Waals surface area contributed by atoms with E-state index in [4.69, 9.17) is 10.5 Å². The highest BCUT2D eigenvalue weighted by Crippen LogP contribution is 2.18. The van der Waals surface area contributed by atoms with Crippen LogP contribution in [0, 0.1) is 5.82 Å². The number of ether oxygens (including phenoxy) is 1. The van der Waals surface area contributed by atoms with Gasteiger partial charge in [0.05, 0.1) is 0 Å². The van der Waals surface area contributed by atoms with E-state index in [-0.39, 0.29) is 11.9 Å². The maximum Gasteiger partial charge on any atom is 0.127 e. The molecule has 1 unspecified atom stereocenters. The Morgan fingerprint density at radius 1 is 1.33 bits per heavy atom. The third-order valence-corrected chi connectivity index (χ3v) is 2.76. The van der Waals surface area contributed by atoms with Crippen molar-refractivity contribution in [1.29, 1.82) is 0 Å². The largest absolute Gasteiger partial charge is 0.492 e. The van der Waals surface area contributed by atoms with Crippen LogP contribution in [-0.4, -0.2) is 38.2 Å². The molecule has 0 spiro atoms. The van der Waals surface area contributed by atoms with E-state index >= 15 is 0 Å². The number of hydrogen-bond acceptors (Lipinski definition) is 3. The summed E-state index contributed by atoms with van der Waals surface area (Å²) < 4.78 is 19.0. The van der Waals surface area contributed by atoms with Gasteiger partial charge in [0.25, 0.3) is 0 Å². The number of benzene rings is 1. The second-order valence-electron chi connectivity index (χ2n) is 4.82. The topological polar surface area (TPSA) is 38.5 Å². The molecule has 0 saturated carbocycles. The number of hydrogen-bond donors (Lipinski definition) is 1. The van der Waals surface area contributed by atoms with Gasteiger partial charge in [0.15, 0.2) is 0 Å². The van der Waals surface area contributed by atoms with Gasteiger partial charge in [-0.2, -0.15) is 0 Å². The van der Waals surface area contributed by atoms with Crippen LogP contribution in [0.3, 0.4) is 0 Å². The molecule has 1 atom stereocenters. The fourth-order valence-electron chi connectivity index (χ4n) is 1.62. The summed E-state index contributed by atoms with van der Waals surface area (Å²) in [5.74, 6) is 0.311. The van der Waals surface area contributed by atoms with Gasteiger partial charge in [0, 0.05) is 18.7 Å². The molecule has 1 aromatic carbocycles. The summed E-state index contributed by atoms with van der Waals surface area (Å²) in [6, 6.07) is 4.88. The van der Waals surface area contributed by atoms with Crippen LogP contribution in [0.25, 0.3) is 0 Å². The number of halogens is 1. The number of rotatable bonds is 7. The van der Waals surface area contributed by atoms with Crippen molar-refractivity contribution >= 4 is 0 Å². The lowest BCUT2D eigenvalue weighted by molar-refractivity contribution is 0.260. The standard InChI is InChI=1S/C14H23FN2O/c1-4-13(16)8-11-7-12(15)10-14(9-11)18-6-5-17(2)3/h7,9-10,13H,4-6,8,16H2,1-3H3. The number of nitrogens with two attached hydrogens (primary N) is 1. The van der Waals surface area contributed by atoms with Crippen LogP contribution < -0.4 is 10.5 Å². The molecule has 0 radical (unpaired) electrons. The fourth-order valence-corrected chi connectivity index (χ4v) is 1.62. The molecule has 1 rings (SSSR count). The van der Waals surface area contributed by atoms with Crippen LogP contribution in [-0.2, 0) is 6.42 Å². The summed E-state index contributed by atoms with van der Waals surface area (Å²) >= 11 is 0. The van der Waals surface area contributed by atoms with Gasteiger partial charge in [-0.15, -0.1) is 0 Å². The smallest absolute Gasteiger partial charge is 0.127 e. The normalized spacial score (nSPS) is 12.8. The molecule has 3 nitrogen and oxygen atoms in total. The summed E-state index contributed by atoms with van der Waals surface area (Å²) in [6.07, 6.45) is 1.56. The van der Waals surface area contributed by atoms with Gasteiger partial charge in [-0.1, -0.05) is 6.92 Å². The van der Waals surface area contributed by atoms with E-state index in [1.54, 1.807) is 0 Å². The van der Waals surface area contributed by atoms with Crippen molar-refractivity contribution in [2.45, 2.75) is 25.8 Å². The average molecular weight is 254 g/mol. The van der Waals surface area contributed by atoms with E-state index in [9.17, 15) is 4.39 Å². The minimum Gasteiger partial charge on any atom is -0.492 e. The highest BCUT2D eigenvalue weighted by atomic mass is 19.1. The van der Waals surface area contributed by atoms with Gasteiger partial charge in [0.2, 0.25) is 0 Å². The van der Waals surface area contributed by atoms with Gasteiger partial charge in [-0.05, 0) is 44.6 Å². The van der Waals surface area contributed by atoms with Crippen molar-refractivity contribution in [1.82, 2.24) is 4.90 Å². The second-order valence-corrected chi connectivity index (χ2v) is 4.82. The van der Waals surface area contributed by atoms with Gasteiger partial charge < -0.3 is 15.4 Å². The lowest BCUT2D eigenvalue weighted by Crippen LogP contribution is -2.21. The summed E-state index contributed by atoms with van der Waals surface area (Å²) in [5.41, 5.74) is 6.77. The molecule has 0 heterocycles. The molecule has 0 aliphatic heterocycles. The molecule has 0 aromatic heterocycles. The van der Waals surface area contributed by atoms with Crippen LogP contribution in [0.4, 0.5) is 4.39 Å². The molecule has 0 bridgehead atoms. The molecule has 102 valence electrons. The molecule has 0 amide bonds. The Kier molecular flexibility index (Phi) is 6.09. The molecule has 0 aliphatic carbocycles. The molecular formula is C14H23FN2O. The molecule has 0 fully saturated rings. The summed E-state index contributed by atoms with van der Waals surface area (Å²) in [5, 5.41) is 0. The minimum atomic E-state index is -0.268. The first-order valence-corrected chi connectivity index (χ1v) is 6.33. The Bertz CT molecular complexity index is 369. The van der Waals surface area contributed by atoms with Gasteiger partial charge >= 0.3 is 0 Å². The highest BCUT2D eigenvalue weighted by molar-refractivity contribution is 5.30. The van der Waals surface area contributed by atoms with Gasteiger partial charge in [-0.3, -0.25) is 0 Å². The van der Waals surface area contributed by atoms with Crippen LogP contribution in [0.15, 0.2) is 18.2 Å². The van der Waals surface area contributed by atoms with Crippen molar-refractivity contribution in [3.05, 3.63) is 29.6 Å². The summed E-state index contributed by atoms with van der Waals surface area (Å²) in [6.45, 7) is 3.38. The van der Waals surface area contributed by atoms with Crippen LogP contribution in [0.2, 0.25) is 0 Å². The van der Waals surface area contributed by atoms with Crippen molar-refractivity contribution in [3.63, 3.8) is 0 Å². The van der Waals surface area contributed by atoms with Crippen molar-refractivity contribution in [2.75, 3.05) is 27.2 Å². The Morgan fingerprint density at radius 3 is 2.67 bits per heavy atom. The first-order valence-electron chi connectivity index (χ1n) is 6.33. The van der Waals surface area contributed by atoms with Crippen LogP contribution >= 0.6 is 0 Å². The SMILES string of the molecule is CCC(N)Cc1cc(F)cc(OCCN(C)C)c1. The first-order chi connectivity index (χ1) is 8.51. The van der Waals surface area contributed by atoms with E-state index in [1.165, 1.54) is 12.1 Å². The fraction of sp³-hybridized carbons (Fsp3) is 0.571. The van der Waals surface area contributed by atoms with Gasteiger partial charge in [-0.25, -0.2) is 4.39 Å². The highest BCUT2D eigenvalue weighted by Gasteiger charge is 2.06. The van der Waals surface area contributed by atoms with Crippen molar-refractivity contribution in [3.8, 4) is 5.75 Å². The Labute approximate surface area is 109 Å². The lowest BCUT2D eigenvalue weighted by Gasteiger charge is -2.13. The molecule has 0 saturated heterocycles. The predicted octanol–water partition coefficient (Wildman–Crippen LogP) is 2.05. The Balaban J connectivity index is 2.62.